The minimum Gasteiger partial charge on any atom is -0.356 e. The molecule has 8 nitrogen and oxygen atoms in total. The second kappa shape index (κ2) is 8.59. The number of nitrogens with zero attached hydrogens (tertiary/aromatic N) is 5. The van der Waals surface area contributed by atoms with Gasteiger partial charge in [-0.3, -0.25) is 4.99 Å². The molecule has 0 aromatic carbocycles. The fourth-order valence-electron chi connectivity index (χ4n) is 2.96. The highest BCUT2D eigenvalue weighted by Crippen LogP contribution is 2.20. The molecule has 0 saturated carbocycles. The van der Waals surface area contributed by atoms with Crippen molar-refractivity contribution in [2.45, 2.75) is 32.2 Å². The Labute approximate surface area is 151 Å². The third-order valence-corrected chi connectivity index (χ3v) is 4.22. The van der Waals surface area contributed by atoms with Crippen LogP contribution in [0.4, 0.5) is 10.2 Å². The Morgan fingerprint density at radius 1 is 1.50 bits per heavy atom. The van der Waals surface area contributed by atoms with Crippen molar-refractivity contribution in [2.75, 3.05) is 31.6 Å². The predicted molar refractivity (Wildman–Crippen MR) is 96.7 cm³/mol. The van der Waals surface area contributed by atoms with Crippen LogP contribution in [0, 0.1) is 12.7 Å². The van der Waals surface area contributed by atoms with Gasteiger partial charge in [0.2, 0.25) is 5.89 Å². The zero-order chi connectivity index (χ0) is 18.4. The lowest BCUT2D eigenvalue weighted by atomic mass is 10.2. The van der Waals surface area contributed by atoms with E-state index in [1.54, 1.807) is 26.2 Å². The minimum absolute atomic E-state index is 0.196. The first-order chi connectivity index (χ1) is 12.7. The van der Waals surface area contributed by atoms with E-state index in [4.69, 9.17) is 4.52 Å². The van der Waals surface area contributed by atoms with Crippen molar-refractivity contribution in [1.29, 1.82) is 0 Å². The Bertz CT molecular complexity index is 748. The van der Waals surface area contributed by atoms with Gasteiger partial charge in [0, 0.05) is 45.3 Å². The summed E-state index contributed by atoms with van der Waals surface area (Å²) in [7, 11) is 1.74. The molecule has 1 saturated heterocycles. The van der Waals surface area contributed by atoms with Gasteiger partial charge in [-0.1, -0.05) is 5.16 Å². The normalized spacial score (nSPS) is 17.6. The van der Waals surface area contributed by atoms with E-state index in [0.29, 0.717) is 24.1 Å². The fourth-order valence-corrected chi connectivity index (χ4v) is 2.96. The van der Waals surface area contributed by atoms with Crippen LogP contribution < -0.4 is 15.5 Å². The van der Waals surface area contributed by atoms with Crippen molar-refractivity contribution in [3.8, 4) is 0 Å². The number of aryl methyl sites for hydroxylation is 2. The molecule has 1 unspecified atom stereocenters. The Balaban J connectivity index is 1.42. The first kappa shape index (κ1) is 18.1. The monoisotopic (exact) mass is 361 g/mol. The van der Waals surface area contributed by atoms with Crippen LogP contribution in [0.25, 0.3) is 0 Å². The number of nitrogens with one attached hydrogen (secondary N) is 2. The summed E-state index contributed by atoms with van der Waals surface area (Å²) < 4.78 is 19.0. The molecular formula is C17H24FN7O. The van der Waals surface area contributed by atoms with E-state index in [1.807, 2.05) is 4.90 Å². The van der Waals surface area contributed by atoms with Crippen molar-refractivity contribution < 1.29 is 8.91 Å². The number of aliphatic imine (C=N–C) groups is 1. The van der Waals surface area contributed by atoms with E-state index in [2.05, 4.69) is 30.8 Å². The van der Waals surface area contributed by atoms with Crippen LogP contribution in [0.5, 0.6) is 0 Å². The molecule has 2 aromatic rings. The number of pyridine rings is 1. The molecule has 2 N–H and O–H groups in total. The maximum atomic E-state index is 13.9. The Morgan fingerprint density at radius 2 is 2.38 bits per heavy atom. The zero-order valence-electron chi connectivity index (χ0n) is 15.1. The van der Waals surface area contributed by atoms with E-state index in [-0.39, 0.29) is 11.9 Å². The highest BCUT2D eigenvalue weighted by Gasteiger charge is 2.25. The Morgan fingerprint density at radius 3 is 3.12 bits per heavy atom. The number of hydrogen-bond acceptors (Lipinski definition) is 6. The SMILES string of the molecule is CN=C(NCCCc1nc(C)no1)NC1CCN(c2ncccc2F)C1. The highest BCUT2D eigenvalue weighted by molar-refractivity contribution is 5.80. The van der Waals surface area contributed by atoms with Crippen LogP contribution in [0.1, 0.15) is 24.6 Å². The zero-order valence-corrected chi connectivity index (χ0v) is 15.1. The number of anilines is 1. The summed E-state index contributed by atoms with van der Waals surface area (Å²) >= 11 is 0. The lowest BCUT2D eigenvalue weighted by Gasteiger charge is -2.19. The van der Waals surface area contributed by atoms with Crippen LogP contribution in [0.3, 0.4) is 0 Å². The maximum absolute atomic E-state index is 13.9. The summed E-state index contributed by atoms with van der Waals surface area (Å²) in [6.07, 6.45) is 4.10. The third-order valence-electron chi connectivity index (χ3n) is 4.22. The van der Waals surface area contributed by atoms with Gasteiger partial charge in [0.25, 0.3) is 0 Å². The topological polar surface area (TPSA) is 91.5 Å². The van der Waals surface area contributed by atoms with E-state index in [0.717, 1.165) is 38.3 Å². The standard InChI is InChI=1S/C17H24FN7O/c1-12-22-15(26-24-12)6-4-9-21-17(19-2)23-13-7-10-25(11-13)16-14(18)5-3-8-20-16/h3,5,8,13H,4,6-7,9-11H2,1-2H3,(H2,19,21,23). The molecular weight excluding hydrogens is 337 g/mol. The van der Waals surface area contributed by atoms with Crippen LogP contribution >= 0.6 is 0 Å². The molecule has 0 aliphatic carbocycles. The van der Waals surface area contributed by atoms with Crippen molar-refractivity contribution in [1.82, 2.24) is 25.8 Å². The van der Waals surface area contributed by atoms with Crippen molar-refractivity contribution in [3.63, 3.8) is 0 Å². The summed E-state index contributed by atoms with van der Waals surface area (Å²) in [4.78, 5) is 14.5. The molecule has 1 aliphatic heterocycles. The number of aromatic nitrogens is 3. The van der Waals surface area contributed by atoms with Crippen molar-refractivity contribution in [3.05, 3.63) is 35.9 Å². The average molecular weight is 361 g/mol. The molecule has 3 rings (SSSR count). The summed E-state index contributed by atoms with van der Waals surface area (Å²) in [5, 5.41) is 10.4. The second-order valence-corrected chi connectivity index (χ2v) is 6.22. The third kappa shape index (κ3) is 4.68. The predicted octanol–water partition coefficient (Wildman–Crippen LogP) is 1.29. The van der Waals surface area contributed by atoms with Gasteiger partial charge >= 0.3 is 0 Å². The Kier molecular flexibility index (Phi) is 5.98. The molecule has 0 amide bonds. The van der Waals surface area contributed by atoms with Crippen LogP contribution in [-0.4, -0.2) is 53.8 Å². The molecule has 2 aromatic heterocycles. The highest BCUT2D eigenvalue weighted by atomic mass is 19.1. The lowest BCUT2D eigenvalue weighted by Crippen LogP contribution is -2.45. The maximum Gasteiger partial charge on any atom is 0.226 e. The number of guanidine groups is 1. The lowest BCUT2D eigenvalue weighted by molar-refractivity contribution is 0.372. The summed E-state index contributed by atoms with van der Waals surface area (Å²) in [5.74, 6) is 2.17. The van der Waals surface area contributed by atoms with Gasteiger partial charge < -0.3 is 20.1 Å². The van der Waals surface area contributed by atoms with Crippen molar-refractivity contribution in [2.24, 2.45) is 4.99 Å². The summed E-state index contributed by atoms with van der Waals surface area (Å²) in [5.41, 5.74) is 0. The van der Waals surface area contributed by atoms with Crippen molar-refractivity contribution >= 4 is 11.8 Å². The molecule has 1 aliphatic rings. The molecule has 140 valence electrons. The van der Waals surface area contributed by atoms with Gasteiger partial charge in [0.15, 0.2) is 23.4 Å². The molecule has 1 atom stereocenters. The second-order valence-electron chi connectivity index (χ2n) is 6.22. The largest absolute Gasteiger partial charge is 0.356 e. The molecule has 1 fully saturated rings. The van der Waals surface area contributed by atoms with Crippen LogP contribution in [0.15, 0.2) is 27.8 Å². The van der Waals surface area contributed by atoms with Gasteiger partial charge in [0.1, 0.15) is 0 Å². The van der Waals surface area contributed by atoms with E-state index < -0.39 is 0 Å². The summed E-state index contributed by atoms with van der Waals surface area (Å²) in [6.45, 7) is 4.00. The van der Waals surface area contributed by atoms with Crippen LogP contribution in [-0.2, 0) is 6.42 Å². The first-order valence-electron chi connectivity index (χ1n) is 8.77. The quantitative estimate of drug-likeness (QED) is 0.455. The van der Waals surface area contributed by atoms with Gasteiger partial charge in [-0.15, -0.1) is 0 Å². The number of halogens is 1. The molecule has 0 radical (unpaired) electrons. The minimum atomic E-state index is -0.285. The smallest absolute Gasteiger partial charge is 0.226 e. The number of hydrogen-bond donors (Lipinski definition) is 2. The van der Waals surface area contributed by atoms with E-state index >= 15 is 0 Å². The van der Waals surface area contributed by atoms with Gasteiger partial charge in [0.05, 0.1) is 0 Å². The fraction of sp³-hybridized carbons (Fsp3) is 0.529. The Hall–Kier alpha value is -2.71. The molecule has 0 bridgehead atoms. The van der Waals surface area contributed by atoms with Gasteiger partial charge in [-0.25, -0.2) is 9.37 Å². The average Bonchev–Trinajstić information content (AvgIpc) is 3.27. The summed E-state index contributed by atoms with van der Waals surface area (Å²) in [6, 6.07) is 3.24. The number of rotatable bonds is 6. The molecule has 0 spiro atoms. The molecule has 9 heteroatoms. The first-order valence-corrected chi connectivity index (χ1v) is 8.77. The molecule has 26 heavy (non-hydrogen) atoms. The van der Waals surface area contributed by atoms with Gasteiger partial charge in [-0.2, -0.15) is 4.98 Å². The molecule has 3 heterocycles. The van der Waals surface area contributed by atoms with Gasteiger partial charge in [-0.05, 0) is 31.9 Å². The van der Waals surface area contributed by atoms with E-state index in [9.17, 15) is 4.39 Å². The van der Waals surface area contributed by atoms with E-state index in [1.165, 1.54) is 6.07 Å². The van der Waals surface area contributed by atoms with Crippen LogP contribution in [0.2, 0.25) is 0 Å².